The summed E-state index contributed by atoms with van der Waals surface area (Å²) in [6, 6.07) is 0. The molecule has 0 aromatic heterocycles. The zero-order chi connectivity index (χ0) is 8.53. The highest BCUT2D eigenvalue weighted by Gasteiger charge is 1.91. The van der Waals surface area contributed by atoms with Gasteiger partial charge in [-0.2, -0.15) is 0 Å². The molecule has 0 aliphatic carbocycles. The molecule has 0 saturated carbocycles. The molecular weight excluding hydrogens is 146 g/mol. The molecule has 11 heavy (non-hydrogen) atoms. The molecule has 1 amide bonds. The van der Waals surface area contributed by atoms with Gasteiger partial charge in [0, 0.05) is 0 Å². The summed E-state index contributed by atoms with van der Waals surface area (Å²) < 4.78 is 0. The van der Waals surface area contributed by atoms with Gasteiger partial charge in [-0.1, -0.05) is 13.5 Å². The quantitative estimate of drug-likeness (QED) is 0.203. The minimum atomic E-state index is -0.273. The Labute approximate surface area is 66.1 Å². The molecule has 1 N–H and O–H groups in total. The first-order valence-corrected chi connectivity index (χ1v) is 3.46. The van der Waals surface area contributed by atoms with Crippen molar-refractivity contribution in [3.05, 3.63) is 12.7 Å². The van der Waals surface area contributed by atoms with Gasteiger partial charge >= 0.3 is 0 Å². The molecule has 4 heteroatoms. The molecule has 0 aromatic rings. The SMILES string of the molecule is C=CC(=O)NCOOCCC. The zero-order valence-corrected chi connectivity index (χ0v) is 6.63. The van der Waals surface area contributed by atoms with Gasteiger partial charge < -0.3 is 5.32 Å². The minimum Gasteiger partial charge on any atom is -0.327 e. The Morgan fingerprint density at radius 1 is 1.64 bits per heavy atom. The van der Waals surface area contributed by atoms with Crippen LogP contribution in [0, 0.1) is 0 Å². The molecule has 0 aliphatic heterocycles. The third kappa shape index (κ3) is 7.02. The molecule has 0 fully saturated rings. The van der Waals surface area contributed by atoms with Gasteiger partial charge in [-0.3, -0.25) is 4.79 Å². The van der Waals surface area contributed by atoms with Gasteiger partial charge in [0.2, 0.25) is 5.91 Å². The second kappa shape index (κ2) is 7.24. The first kappa shape index (κ1) is 10.1. The summed E-state index contributed by atoms with van der Waals surface area (Å²) in [5.74, 6) is -0.273. The van der Waals surface area contributed by atoms with E-state index < -0.39 is 0 Å². The van der Waals surface area contributed by atoms with Gasteiger partial charge in [-0.15, -0.1) is 0 Å². The summed E-state index contributed by atoms with van der Waals surface area (Å²) in [6.07, 6.45) is 2.05. The van der Waals surface area contributed by atoms with Gasteiger partial charge in [0.05, 0.1) is 6.61 Å². The van der Waals surface area contributed by atoms with Crippen molar-refractivity contribution in [2.45, 2.75) is 13.3 Å². The minimum absolute atomic E-state index is 0.0604. The number of amides is 1. The topological polar surface area (TPSA) is 47.6 Å². The molecule has 0 radical (unpaired) electrons. The van der Waals surface area contributed by atoms with Crippen LogP contribution in [0.5, 0.6) is 0 Å². The van der Waals surface area contributed by atoms with Crippen molar-refractivity contribution in [2.24, 2.45) is 0 Å². The van der Waals surface area contributed by atoms with Crippen LogP contribution in [0.15, 0.2) is 12.7 Å². The van der Waals surface area contributed by atoms with Crippen LogP contribution in [0.4, 0.5) is 0 Å². The van der Waals surface area contributed by atoms with Crippen molar-refractivity contribution >= 4 is 5.91 Å². The van der Waals surface area contributed by atoms with E-state index in [9.17, 15) is 4.79 Å². The van der Waals surface area contributed by atoms with E-state index in [2.05, 4.69) is 21.7 Å². The summed E-state index contributed by atoms with van der Waals surface area (Å²) in [6.45, 7) is 5.82. The lowest BCUT2D eigenvalue weighted by Crippen LogP contribution is -2.23. The van der Waals surface area contributed by atoms with E-state index in [1.807, 2.05) is 6.92 Å². The third-order valence-corrected chi connectivity index (χ3v) is 0.862. The average Bonchev–Trinajstić information content (AvgIpc) is 2.04. The van der Waals surface area contributed by atoms with Crippen LogP contribution in [-0.2, 0) is 14.6 Å². The number of carbonyl (C=O) groups is 1. The van der Waals surface area contributed by atoms with Crippen LogP contribution < -0.4 is 5.32 Å². The maximum atomic E-state index is 10.5. The molecule has 0 aromatic carbocycles. The lowest BCUT2D eigenvalue weighted by atomic mass is 10.5. The van der Waals surface area contributed by atoms with E-state index >= 15 is 0 Å². The normalized spacial score (nSPS) is 9.18. The average molecular weight is 159 g/mol. The smallest absolute Gasteiger partial charge is 0.245 e. The molecule has 0 bridgehead atoms. The Balaban J connectivity index is 3.01. The van der Waals surface area contributed by atoms with Gasteiger partial charge in [0.15, 0.2) is 6.73 Å². The Bertz CT molecular complexity index is 125. The summed E-state index contributed by atoms with van der Waals surface area (Å²) in [4.78, 5) is 19.7. The summed E-state index contributed by atoms with van der Waals surface area (Å²) in [5.41, 5.74) is 0. The number of carbonyl (C=O) groups excluding carboxylic acids is 1. The standard InChI is InChI=1S/C7H13NO3/c1-3-5-10-11-6-8-7(9)4-2/h4H,2-3,5-6H2,1H3,(H,8,9). The van der Waals surface area contributed by atoms with Crippen LogP contribution in [-0.4, -0.2) is 19.2 Å². The van der Waals surface area contributed by atoms with E-state index in [4.69, 9.17) is 0 Å². The summed E-state index contributed by atoms with van der Waals surface area (Å²) in [7, 11) is 0. The highest BCUT2D eigenvalue weighted by atomic mass is 17.2. The molecule has 0 heterocycles. The largest absolute Gasteiger partial charge is 0.327 e. The van der Waals surface area contributed by atoms with Gasteiger partial charge in [-0.05, 0) is 12.5 Å². The molecule has 0 saturated heterocycles. The number of nitrogens with one attached hydrogen (secondary N) is 1. The van der Waals surface area contributed by atoms with Crippen LogP contribution in [0.1, 0.15) is 13.3 Å². The van der Waals surface area contributed by atoms with E-state index in [0.29, 0.717) is 6.61 Å². The van der Waals surface area contributed by atoms with Gasteiger partial charge in [0.25, 0.3) is 0 Å². The number of hydrogen-bond donors (Lipinski definition) is 1. The van der Waals surface area contributed by atoms with Crippen molar-refractivity contribution in [3.63, 3.8) is 0 Å². The third-order valence-electron chi connectivity index (χ3n) is 0.862. The van der Waals surface area contributed by atoms with Crippen molar-refractivity contribution < 1.29 is 14.6 Å². The highest BCUT2D eigenvalue weighted by Crippen LogP contribution is 1.80. The number of rotatable bonds is 6. The van der Waals surface area contributed by atoms with Crippen molar-refractivity contribution in [3.8, 4) is 0 Å². The lowest BCUT2D eigenvalue weighted by Gasteiger charge is -2.02. The fraction of sp³-hybridized carbons (Fsp3) is 0.571. The molecule has 0 spiro atoms. The maximum Gasteiger partial charge on any atom is 0.245 e. The van der Waals surface area contributed by atoms with E-state index in [1.165, 1.54) is 6.08 Å². The molecule has 0 aliphatic rings. The predicted molar refractivity (Wildman–Crippen MR) is 40.5 cm³/mol. The Kier molecular flexibility index (Phi) is 6.67. The van der Waals surface area contributed by atoms with Crippen molar-refractivity contribution in [2.75, 3.05) is 13.3 Å². The Morgan fingerprint density at radius 3 is 2.91 bits per heavy atom. The lowest BCUT2D eigenvalue weighted by molar-refractivity contribution is -0.297. The molecule has 64 valence electrons. The monoisotopic (exact) mass is 159 g/mol. The van der Waals surface area contributed by atoms with Crippen LogP contribution >= 0.6 is 0 Å². The van der Waals surface area contributed by atoms with Crippen molar-refractivity contribution in [1.82, 2.24) is 5.32 Å². The summed E-state index contributed by atoms with van der Waals surface area (Å²) in [5, 5.41) is 2.39. The van der Waals surface area contributed by atoms with E-state index in [1.54, 1.807) is 0 Å². The maximum absolute atomic E-state index is 10.5. The predicted octanol–water partition coefficient (Wildman–Crippen LogP) is 0.604. The second-order valence-electron chi connectivity index (χ2n) is 1.83. The fourth-order valence-electron chi connectivity index (χ4n) is 0.357. The van der Waals surface area contributed by atoms with Crippen LogP contribution in [0.2, 0.25) is 0 Å². The number of hydrogen-bond acceptors (Lipinski definition) is 3. The molecule has 0 atom stereocenters. The first-order chi connectivity index (χ1) is 5.31. The Morgan fingerprint density at radius 2 is 2.36 bits per heavy atom. The molecule has 4 nitrogen and oxygen atoms in total. The van der Waals surface area contributed by atoms with Crippen LogP contribution in [0.3, 0.4) is 0 Å². The molecular formula is C7H13NO3. The Hall–Kier alpha value is -0.870. The zero-order valence-electron chi connectivity index (χ0n) is 6.63. The molecule has 0 rings (SSSR count). The summed E-state index contributed by atoms with van der Waals surface area (Å²) >= 11 is 0. The van der Waals surface area contributed by atoms with E-state index in [0.717, 1.165) is 6.42 Å². The van der Waals surface area contributed by atoms with Gasteiger partial charge in [0.1, 0.15) is 0 Å². The van der Waals surface area contributed by atoms with Gasteiger partial charge in [-0.25, -0.2) is 9.78 Å². The molecule has 0 unspecified atom stereocenters. The first-order valence-electron chi connectivity index (χ1n) is 3.46. The van der Waals surface area contributed by atoms with Crippen molar-refractivity contribution in [1.29, 1.82) is 0 Å². The van der Waals surface area contributed by atoms with Crippen LogP contribution in [0.25, 0.3) is 0 Å². The second-order valence-corrected chi connectivity index (χ2v) is 1.83. The van der Waals surface area contributed by atoms with E-state index in [-0.39, 0.29) is 12.6 Å². The fourth-order valence-corrected chi connectivity index (χ4v) is 0.357. The highest BCUT2D eigenvalue weighted by molar-refractivity contribution is 5.86.